The maximum Gasteiger partial charge on any atom is 0.0949 e. The van der Waals surface area contributed by atoms with Gasteiger partial charge < -0.3 is 9.88 Å². The fourth-order valence-corrected chi connectivity index (χ4v) is 1.04. The van der Waals surface area contributed by atoms with Crippen molar-refractivity contribution in [1.29, 1.82) is 0 Å². The minimum Gasteiger partial charge on any atom is -0.323 e. The summed E-state index contributed by atoms with van der Waals surface area (Å²) in [7, 11) is -1.83. The molecule has 0 aromatic heterocycles. The Morgan fingerprint density at radius 2 is 2.12 bits per heavy atom. The Kier molecular flexibility index (Phi) is 3.34. The zero-order valence-electron chi connectivity index (χ0n) is 5.48. The molecule has 8 heavy (non-hydrogen) atoms. The summed E-state index contributed by atoms with van der Waals surface area (Å²) in [6, 6.07) is 0. The van der Waals surface area contributed by atoms with Crippen LogP contribution in [-0.2, 0) is 4.57 Å². The molecule has 1 radical (unpaired) electrons. The molecule has 0 spiro atoms. The van der Waals surface area contributed by atoms with E-state index in [0.717, 1.165) is 0 Å². The van der Waals surface area contributed by atoms with Crippen LogP contribution in [-0.4, -0.2) is 26.2 Å². The summed E-state index contributed by atoms with van der Waals surface area (Å²) in [5, 5.41) is 2.91. The van der Waals surface area contributed by atoms with E-state index >= 15 is 0 Å². The summed E-state index contributed by atoms with van der Waals surface area (Å²) in [5.41, 5.74) is 0. The maximum atomic E-state index is 10.9. The van der Waals surface area contributed by atoms with Crippen LogP contribution >= 0.6 is 7.14 Å². The van der Waals surface area contributed by atoms with Gasteiger partial charge >= 0.3 is 0 Å². The van der Waals surface area contributed by atoms with Crippen LogP contribution < -0.4 is 5.32 Å². The van der Waals surface area contributed by atoms with E-state index < -0.39 is 7.14 Å². The first-order chi connectivity index (χ1) is 3.56. The van der Waals surface area contributed by atoms with E-state index in [1.807, 2.05) is 0 Å². The SMILES string of the molecule is [CH2]CNCP(C)(C)=O. The molecule has 0 aromatic rings. The van der Waals surface area contributed by atoms with E-state index in [1.165, 1.54) is 0 Å². The summed E-state index contributed by atoms with van der Waals surface area (Å²) in [5.74, 6) is 0. The molecule has 0 amide bonds. The third-order valence-electron chi connectivity index (χ3n) is 0.669. The van der Waals surface area contributed by atoms with Crippen LogP contribution in [0.2, 0.25) is 0 Å². The Hall–Kier alpha value is 0.190. The summed E-state index contributed by atoms with van der Waals surface area (Å²) in [4.78, 5) is 0. The molecule has 1 N–H and O–H groups in total. The number of hydrogen-bond acceptors (Lipinski definition) is 2. The highest BCUT2D eigenvalue weighted by Crippen LogP contribution is 2.33. The number of nitrogens with one attached hydrogen (secondary N) is 1. The summed E-state index contributed by atoms with van der Waals surface area (Å²) in [6.45, 7) is 7.73. The summed E-state index contributed by atoms with van der Waals surface area (Å²) >= 11 is 0. The largest absolute Gasteiger partial charge is 0.323 e. The van der Waals surface area contributed by atoms with Crippen LogP contribution in [0.15, 0.2) is 0 Å². The molecule has 0 rings (SSSR count). The van der Waals surface area contributed by atoms with E-state index in [-0.39, 0.29) is 0 Å². The van der Waals surface area contributed by atoms with Crippen molar-refractivity contribution in [3.05, 3.63) is 6.92 Å². The predicted molar refractivity (Wildman–Crippen MR) is 37.7 cm³/mol. The molecule has 0 atom stereocenters. The molecule has 0 fully saturated rings. The molecule has 2 nitrogen and oxygen atoms in total. The minimum atomic E-state index is -1.83. The zero-order chi connectivity index (χ0) is 6.62. The van der Waals surface area contributed by atoms with Crippen molar-refractivity contribution in [2.75, 3.05) is 26.2 Å². The summed E-state index contributed by atoms with van der Waals surface area (Å²) < 4.78 is 10.9. The van der Waals surface area contributed by atoms with Crippen molar-refractivity contribution in [2.45, 2.75) is 0 Å². The number of hydrogen-bond donors (Lipinski definition) is 1. The third-order valence-corrected chi connectivity index (χ3v) is 1.65. The quantitative estimate of drug-likeness (QED) is 0.583. The first kappa shape index (κ1) is 8.19. The van der Waals surface area contributed by atoms with E-state index in [1.54, 1.807) is 13.3 Å². The molecule has 0 aliphatic heterocycles. The third kappa shape index (κ3) is 6.19. The maximum absolute atomic E-state index is 10.9. The van der Waals surface area contributed by atoms with Gasteiger partial charge in [-0.15, -0.1) is 0 Å². The molecular weight excluding hydrogens is 121 g/mol. The van der Waals surface area contributed by atoms with Crippen molar-refractivity contribution in [3.8, 4) is 0 Å². The standard InChI is InChI=1S/C5H13NOP/c1-4-6-5-8(2,3)7/h6H,1,4-5H2,2-3H3. The fraction of sp³-hybridized carbons (Fsp3) is 0.800. The molecule has 0 heterocycles. The van der Waals surface area contributed by atoms with Crippen LogP contribution in [0.25, 0.3) is 0 Å². The highest BCUT2D eigenvalue weighted by atomic mass is 31.2. The molecule has 3 heteroatoms. The molecule has 49 valence electrons. The number of rotatable bonds is 3. The van der Waals surface area contributed by atoms with Gasteiger partial charge in [0.05, 0.1) is 7.14 Å². The predicted octanol–water partition coefficient (Wildman–Crippen LogP) is 0.990. The fourth-order valence-electron chi connectivity index (χ4n) is 0.348. The van der Waals surface area contributed by atoms with Crippen molar-refractivity contribution in [1.82, 2.24) is 5.32 Å². The lowest BCUT2D eigenvalue weighted by Gasteiger charge is -2.04. The van der Waals surface area contributed by atoms with Crippen LogP contribution in [0.1, 0.15) is 0 Å². The topological polar surface area (TPSA) is 29.1 Å². The van der Waals surface area contributed by atoms with Crippen LogP contribution in [0.4, 0.5) is 0 Å². The average Bonchev–Trinajstić information content (AvgIpc) is 1.59. The van der Waals surface area contributed by atoms with E-state index in [2.05, 4.69) is 12.2 Å². The van der Waals surface area contributed by atoms with Gasteiger partial charge in [-0.05, 0) is 26.8 Å². The van der Waals surface area contributed by atoms with Gasteiger partial charge in [0.15, 0.2) is 0 Å². The second-order valence-electron chi connectivity index (χ2n) is 2.23. The molecule has 0 aromatic carbocycles. The van der Waals surface area contributed by atoms with Crippen molar-refractivity contribution >= 4 is 7.14 Å². The van der Waals surface area contributed by atoms with Gasteiger partial charge in [0.1, 0.15) is 0 Å². The molecular formula is C5H13NOP. The molecule has 0 aliphatic rings. The lowest BCUT2D eigenvalue weighted by Crippen LogP contribution is -2.13. The minimum absolute atomic E-state index is 0.608. The van der Waals surface area contributed by atoms with E-state index in [9.17, 15) is 4.57 Å². The Morgan fingerprint density at radius 3 is 2.25 bits per heavy atom. The molecule has 0 saturated heterocycles. The molecule has 0 aliphatic carbocycles. The van der Waals surface area contributed by atoms with Gasteiger partial charge in [0.2, 0.25) is 0 Å². The van der Waals surface area contributed by atoms with Gasteiger partial charge in [-0.2, -0.15) is 0 Å². The Labute approximate surface area is 51.0 Å². The highest BCUT2D eigenvalue weighted by molar-refractivity contribution is 7.62. The second-order valence-corrected chi connectivity index (χ2v) is 5.70. The molecule has 0 saturated carbocycles. The van der Waals surface area contributed by atoms with Crippen molar-refractivity contribution < 1.29 is 4.57 Å². The first-order valence-corrected chi connectivity index (χ1v) is 5.39. The molecule has 0 bridgehead atoms. The van der Waals surface area contributed by atoms with Crippen LogP contribution in [0.3, 0.4) is 0 Å². The Morgan fingerprint density at radius 1 is 1.62 bits per heavy atom. The first-order valence-electron chi connectivity index (χ1n) is 2.60. The van der Waals surface area contributed by atoms with Gasteiger partial charge in [-0.25, -0.2) is 0 Å². The van der Waals surface area contributed by atoms with Gasteiger partial charge in [-0.1, -0.05) is 0 Å². The van der Waals surface area contributed by atoms with Crippen molar-refractivity contribution in [2.24, 2.45) is 0 Å². The van der Waals surface area contributed by atoms with E-state index in [4.69, 9.17) is 0 Å². The summed E-state index contributed by atoms with van der Waals surface area (Å²) in [6.07, 6.45) is 0.608. The normalized spacial score (nSPS) is 11.9. The monoisotopic (exact) mass is 134 g/mol. The lowest BCUT2D eigenvalue weighted by molar-refractivity contribution is 0.578. The Balaban J connectivity index is 3.26. The second kappa shape index (κ2) is 3.26. The Bertz CT molecular complexity index is 96.6. The average molecular weight is 134 g/mol. The zero-order valence-corrected chi connectivity index (χ0v) is 6.37. The smallest absolute Gasteiger partial charge is 0.0949 e. The van der Waals surface area contributed by atoms with Crippen LogP contribution in [0, 0.1) is 6.92 Å². The molecule has 0 unspecified atom stereocenters. The van der Waals surface area contributed by atoms with E-state index in [0.29, 0.717) is 12.8 Å². The highest BCUT2D eigenvalue weighted by Gasteiger charge is 2.02. The van der Waals surface area contributed by atoms with Gasteiger partial charge in [0.25, 0.3) is 0 Å². The van der Waals surface area contributed by atoms with Gasteiger partial charge in [-0.3, -0.25) is 0 Å². The van der Waals surface area contributed by atoms with Gasteiger partial charge in [0, 0.05) is 6.29 Å². The lowest BCUT2D eigenvalue weighted by atomic mass is 10.8. The van der Waals surface area contributed by atoms with Crippen LogP contribution in [0.5, 0.6) is 0 Å². The van der Waals surface area contributed by atoms with Crippen molar-refractivity contribution in [3.63, 3.8) is 0 Å².